The van der Waals surface area contributed by atoms with Crippen molar-refractivity contribution < 1.29 is 4.79 Å². The van der Waals surface area contributed by atoms with E-state index in [9.17, 15) is 4.79 Å². The molecule has 0 spiro atoms. The van der Waals surface area contributed by atoms with Crippen LogP contribution < -0.4 is 10.2 Å². The smallest absolute Gasteiger partial charge is 0.276 e. The van der Waals surface area contributed by atoms with Gasteiger partial charge in [0.25, 0.3) is 5.91 Å². The highest BCUT2D eigenvalue weighted by Gasteiger charge is 2.13. The number of hydrogen-bond donors (Lipinski definition) is 1. The summed E-state index contributed by atoms with van der Waals surface area (Å²) in [6.45, 7) is 2.02. The van der Waals surface area contributed by atoms with E-state index in [1.165, 1.54) is 25.7 Å². The average Bonchev–Trinajstić information content (AvgIpc) is 2.84. The fourth-order valence-electron chi connectivity index (χ4n) is 2.68. The molecule has 1 aromatic heterocycles. The predicted octanol–water partition coefficient (Wildman–Crippen LogP) is 3.87. The molecule has 1 aliphatic rings. The van der Waals surface area contributed by atoms with Crippen molar-refractivity contribution in [2.45, 2.75) is 25.7 Å². The van der Waals surface area contributed by atoms with E-state index in [0.29, 0.717) is 5.69 Å². The third-order valence-electron chi connectivity index (χ3n) is 3.90. The van der Waals surface area contributed by atoms with Crippen molar-refractivity contribution in [3.05, 3.63) is 46.6 Å². The maximum absolute atomic E-state index is 12.2. The summed E-state index contributed by atoms with van der Waals surface area (Å²) in [5.74, 6) is 0.601. The Morgan fingerprint density at radius 2 is 1.83 bits per heavy atom. The fourth-order valence-corrected chi connectivity index (χ4v) is 3.08. The molecule has 2 heterocycles. The first-order chi connectivity index (χ1) is 11.2. The van der Waals surface area contributed by atoms with Crippen molar-refractivity contribution in [2.24, 2.45) is 0 Å². The van der Waals surface area contributed by atoms with E-state index < -0.39 is 0 Å². The van der Waals surface area contributed by atoms with E-state index in [-0.39, 0.29) is 5.91 Å². The fraction of sp³-hybridized carbons (Fsp3) is 0.353. The van der Waals surface area contributed by atoms with Crippen molar-refractivity contribution in [1.82, 2.24) is 10.2 Å². The van der Waals surface area contributed by atoms with Crippen LogP contribution in [0.3, 0.4) is 0 Å². The number of carbonyl (C=O) groups is 1. The topological polar surface area (TPSA) is 58.1 Å². The molecule has 2 aromatic rings. The zero-order valence-electron chi connectivity index (χ0n) is 12.8. The minimum absolute atomic E-state index is 0.252. The number of carbonyl (C=O) groups excluding carboxylic acids is 1. The number of amides is 1. The highest BCUT2D eigenvalue weighted by molar-refractivity contribution is 9.10. The molecule has 1 saturated heterocycles. The number of halogens is 1. The molecule has 0 aliphatic carbocycles. The standard InChI is InChI=1S/C17H19BrN4O/c18-13-6-5-7-14(12-13)19-17(23)15-8-9-16(21-20-15)22-10-3-1-2-4-11-22/h5-9,12H,1-4,10-11H2,(H,19,23). The Labute approximate surface area is 144 Å². The molecule has 1 amide bonds. The van der Waals surface area contributed by atoms with Gasteiger partial charge in [0.15, 0.2) is 11.5 Å². The second kappa shape index (κ2) is 7.55. The molecule has 3 rings (SSSR count). The third-order valence-corrected chi connectivity index (χ3v) is 4.39. The first-order valence-corrected chi connectivity index (χ1v) is 8.67. The SMILES string of the molecule is O=C(Nc1cccc(Br)c1)c1ccc(N2CCCCCC2)nn1. The number of hydrogen-bond acceptors (Lipinski definition) is 4. The molecule has 0 saturated carbocycles. The summed E-state index contributed by atoms with van der Waals surface area (Å²) >= 11 is 3.38. The van der Waals surface area contributed by atoms with Crippen LogP contribution in [-0.4, -0.2) is 29.2 Å². The number of anilines is 2. The van der Waals surface area contributed by atoms with Crippen LogP contribution in [0.4, 0.5) is 11.5 Å². The highest BCUT2D eigenvalue weighted by Crippen LogP contribution is 2.18. The van der Waals surface area contributed by atoms with Gasteiger partial charge in [0.05, 0.1) is 0 Å². The molecule has 120 valence electrons. The number of benzene rings is 1. The van der Waals surface area contributed by atoms with Crippen molar-refractivity contribution >= 4 is 33.3 Å². The molecule has 0 radical (unpaired) electrons. The first kappa shape index (κ1) is 15.9. The molecule has 0 unspecified atom stereocenters. The molecule has 1 fully saturated rings. The van der Waals surface area contributed by atoms with Gasteiger partial charge in [0.2, 0.25) is 0 Å². The van der Waals surface area contributed by atoms with Gasteiger partial charge in [-0.05, 0) is 43.2 Å². The van der Waals surface area contributed by atoms with Crippen molar-refractivity contribution in [1.29, 1.82) is 0 Å². The number of aromatic nitrogens is 2. The Kier molecular flexibility index (Phi) is 5.23. The summed E-state index contributed by atoms with van der Waals surface area (Å²) in [4.78, 5) is 14.5. The molecular formula is C17H19BrN4O. The summed E-state index contributed by atoms with van der Waals surface area (Å²) in [5.41, 5.74) is 1.05. The monoisotopic (exact) mass is 374 g/mol. The van der Waals surface area contributed by atoms with Crippen LogP contribution in [0.25, 0.3) is 0 Å². The Bertz CT molecular complexity index is 667. The lowest BCUT2D eigenvalue weighted by Crippen LogP contribution is -2.25. The van der Waals surface area contributed by atoms with Crippen LogP contribution in [0.1, 0.15) is 36.2 Å². The van der Waals surface area contributed by atoms with Crippen LogP contribution in [0, 0.1) is 0 Å². The van der Waals surface area contributed by atoms with E-state index in [1.54, 1.807) is 6.07 Å². The lowest BCUT2D eigenvalue weighted by atomic mass is 10.2. The minimum Gasteiger partial charge on any atom is -0.355 e. The number of rotatable bonds is 3. The largest absolute Gasteiger partial charge is 0.355 e. The molecule has 6 heteroatoms. The zero-order chi connectivity index (χ0) is 16.1. The van der Waals surface area contributed by atoms with E-state index in [0.717, 1.165) is 29.1 Å². The summed E-state index contributed by atoms with van der Waals surface area (Å²) in [7, 11) is 0. The summed E-state index contributed by atoms with van der Waals surface area (Å²) in [6, 6.07) is 11.1. The number of nitrogens with zero attached hydrogens (tertiary/aromatic N) is 3. The molecule has 0 atom stereocenters. The van der Waals surface area contributed by atoms with Gasteiger partial charge in [-0.1, -0.05) is 34.8 Å². The van der Waals surface area contributed by atoms with E-state index >= 15 is 0 Å². The minimum atomic E-state index is -0.252. The van der Waals surface area contributed by atoms with Crippen LogP contribution in [-0.2, 0) is 0 Å². The van der Waals surface area contributed by atoms with E-state index in [1.807, 2.05) is 30.3 Å². The Morgan fingerprint density at radius 1 is 1.04 bits per heavy atom. The van der Waals surface area contributed by atoms with Gasteiger partial charge in [-0.25, -0.2) is 0 Å². The van der Waals surface area contributed by atoms with Gasteiger partial charge in [-0.15, -0.1) is 10.2 Å². The van der Waals surface area contributed by atoms with Gasteiger partial charge in [0.1, 0.15) is 0 Å². The third kappa shape index (κ3) is 4.28. The maximum atomic E-state index is 12.2. The van der Waals surface area contributed by atoms with Crippen LogP contribution in [0.2, 0.25) is 0 Å². The van der Waals surface area contributed by atoms with Crippen LogP contribution >= 0.6 is 15.9 Å². The lowest BCUT2D eigenvalue weighted by Gasteiger charge is -2.20. The van der Waals surface area contributed by atoms with Crippen molar-refractivity contribution in [2.75, 3.05) is 23.3 Å². The Hall–Kier alpha value is -1.95. The van der Waals surface area contributed by atoms with Crippen LogP contribution in [0.5, 0.6) is 0 Å². The average molecular weight is 375 g/mol. The summed E-state index contributed by atoms with van der Waals surface area (Å²) in [6.07, 6.45) is 4.92. The van der Waals surface area contributed by atoms with Gasteiger partial charge in [-0.2, -0.15) is 0 Å². The van der Waals surface area contributed by atoms with Crippen LogP contribution in [0.15, 0.2) is 40.9 Å². The Balaban J connectivity index is 1.67. The lowest BCUT2D eigenvalue weighted by molar-refractivity contribution is 0.102. The summed E-state index contributed by atoms with van der Waals surface area (Å²) < 4.78 is 0.915. The molecule has 23 heavy (non-hydrogen) atoms. The first-order valence-electron chi connectivity index (χ1n) is 7.88. The summed E-state index contributed by atoms with van der Waals surface area (Å²) in [5, 5.41) is 11.1. The van der Waals surface area contributed by atoms with Gasteiger partial charge in [-0.3, -0.25) is 4.79 Å². The van der Waals surface area contributed by atoms with E-state index in [2.05, 4.69) is 36.3 Å². The normalized spacial score (nSPS) is 15.1. The molecular weight excluding hydrogens is 356 g/mol. The number of nitrogens with one attached hydrogen (secondary N) is 1. The van der Waals surface area contributed by atoms with Gasteiger partial charge < -0.3 is 10.2 Å². The highest BCUT2D eigenvalue weighted by atomic mass is 79.9. The zero-order valence-corrected chi connectivity index (χ0v) is 14.4. The molecule has 5 nitrogen and oxygen atoms in total. The van der Waals surface area contributed by atoms with Gasteiger partial charge >= 0.3 is 0 Å². The quantitative estimate of drug-likeness (QED) is 0.885. The predicted molar refractivity (Wildman–Crippen MR) is 94.8 cm³/mol. The maximum Gasteiger partial charge on any atom is 0.276 e. The molecule has 0 bridgehead atoms. The second-order valence-electron chi connectivity index (χ2n) is 5.64. The van der Waals surface area contributed by atoms with Crippen molar-refractivity contribution in [3.8, 4) is 0 Å². The van der Waals surface area contributed by atoms with Crippen molar-refractivity contribution in [3.63, 3.8) is 0 Å². The van der Waals surface area contributed by atoms with E-state index in [4.69, 9.17) is 0 Å². The second-order valence-corrected chi connectivity index (χ2v) is 6.56. The molecule has 1 aromatic carbocycles. The molecule has 1 aliphatic heterocycles. The Morgan fingerprint density at radius 3 is 2.48 bits per heavy atom. The van der Waals surface area contributed by atoms with Gasteiger partial charge in [0, 0.05) is 23.2 Å². The molecule has 1 N–H and O–H groups in total.